The maximum atomic E-state index is 13.7. The van der Waals surface area contributed by atoms with Crippen LogP contribution >= 0.6 is 0 Å². The fraction of sp³-hybridized carbons (Fsp3) is 0.870. The first-order valence-electron chi connectivity index (χ1n) is 29.9. The van der Waals surface area contributed by atoms with E-state index in [-0.39, 0.29) is 111 Å². The summed E-state index contributed by atoms with van der Waals surface area (Å²) in [6.45, 7) is 2.18. The molecular formula is C54H96N8O26. The number of methoxy groups -OCH3 is 1. The lowest BCUT2D eigenvalue weighted by Gasteiger charge is -2.42. The van der Waals surface area contributed by atoms with Gasteiger partial charge in [-0.05, 0) is 45.1 Å². The molecule has 0 spiro atoms. The number of amides is 7. The minimum Gasteiger partial charge on any atom is -0.394 e. The Balaban J connectivity index is 1.32. The van der Waals surface area contributed by atoms with Crippen LogP contribution in [0.1, 0.15) is 72.1 Å². The molecule has 4 rings (SSSR count). The Morgan fingerprint density at radius 3 is 1.27 bits per heavy atom. The number of nitrogens with one attached hydrogen (secondary N) is 8. The fourth-order valence-electron chi connectivity index (χ4n) is 10.2. The largest absolute Gasteiger partial charge is 0.394 e. The van der Waals surface area contributed by atoms with E-state index in [9.17, 15) is 79.5 Å². The van der Waals surface area contributed by atoms with Crippen molar-refractivity contribution in [1.82, 2.24) is 42.5 Å². The molecule has 34 nitrogen and oxygen atoms in total. The van der Waals surface area contributed by atoms with Crippen LogP contribution in [0.2, 0.25) is 0 Å². The molecule has 508 valence electrons. The number of rotatable bonds is 40. The fourth-order valence-corrected chi connectivity index (χ4v) is 10.2. The number of carbonyl (C=O) groups excluding carboxylic acids is 7. The summed E-state index contributed by atoms with van der Waals surface area (Å²) >= 11 is 0. The molecule has 0 aromatic carbocycles. The van der Waals surface area contributed by atoms with Crippen molar-refractivity contribution in [3.05, 3.63) is 0 Å². The van der Waals surface area contributed by atoms with Gasteiger partial charge in [0.05, 0.1) is 91.4 Å². The second kappa shape index (κ2) is 41.1. The highest BCUT2D eigenvalue weighted by molar-refractivity contribution is 5.90. The summed E-state index contributed by atoms with van der Waals surface area (Å²) in [6.07, 6.45) is -14.5. The first-order chi connectivity index (χ1) is 42.2. The molecule has 3 heterocycles. The number of ether oxygens (including phenoxy) is 10. The van der Waals surface area contributed by atoms with Gasteiger partial charge in [0.15, 0.2) is 18.9 Å². The Bertz CT molecular complexity index is 2090. The molecule has 0 aromatic rings. The predicted molar refractivity (Wildman–Crippen MR) is 300 cm³/mol. The van der Waals surface area contributed by atoms with E-state index in [4.69, 9.17) is 47.4 Å². The highest BCUT2D eigenvalue weighted by Crippen LogP contribution is 2.27. The lowest BCUT2D eigenvalue weighted by molar-refractivity contribution is -0.272. The summed E-state index contributed by atoms with van der Waals surface area (Å²) in [7, 11) is 1.59. The molecule has 7 amide bonds. The van der Waals surface area contributed by atoms with Crippen molar-refractivity contribution >= 4 is 41.4 Å². The third-order valence-electron chi connectivity index (χ3n) is 15.0. The lowest BCUT2D eigenvalue weighted by atomic mass is 9.86. The molecule has 0 aromatic heterocycles. The molecular weight excluding hydrogens is 1180 g/mol. The van der Waals surface area contributed by atoms with Crippen molar-refractivity contribution in [3.63, 3.8) is 0 Å². The molecule has 1 aliphatic carbocycles. The summed E-state index contributed by atoms with van der Waals surface area (Å²) in [6, 6.07) is -5.63. The highest BCUT2D eigenvalue weighted by atomic mass is 16.7. The summed E-state index contributed by atoms with van der Waals surface area (Å²) in [5.74, 6) is -4.43. The average Bonchev–Trinajstić information content (AvgIpc) is 2.68. The van der Waals surface area contributed by atoms with Crippen molar-refractivity contribution in [1.29, 1.82) is 0 Å². The zero-order chi connectivity index (χ0) is 64.7. The average molecular weight is 1270 g/mol. The minimum atomic E-state index is -1.51. The molecule has 17 atom stereocenters. The number of carbonyl (C=O) groups is 7. The normalized spacial score (nSPS) is 30.5. The molecule has 1 saturated carbocycles. The van der Waals surface area contributed by atoms with Gasteiger partial charge in [-0.2, -0.15) is 0 Å². The zero-order valence-corrected chi connectivity index (χ0v) is 50.4. The van der Waals surface area contributed by atoms with Gasteiger partial charge in [0.2, 0.25) is 41.4 Å². The number of aliphatic hydroxyl groups excluding tert-OH is 9. The van der Waals surface area contributed by atoms with Gasteiger partial charge in [0.25, 0.3) is 0 Å². The lowest BCUT2D eigenvalue weighted by Crippen LogP contribution is -2.64. The van der Waals surface area contributed by atoms with Crippen molar-refractivity contribution in [2.75, 3.05) is 113 Å². The summed E-state index contributed by atoms with van der Waals surface area (Å²) in [5.41, 5.74) is 0. The topological polar surface area (TPSA) is 490 Å². The van der Waals surface area contributed by atoms with Crippen molar-refractivity contribution in [3.8, 4) is 0 Å². The number of aliphatic hydroxyl groups is 9. The van der Waals surface area contributed by atoms with Crippen LogP contribution in [0.3, 0.4) is 0 Å². The van der Waals surface area contributed by atoms with E-state index >= 15 is 0 Å². The van der Waals surface area contributed by atoms with E-state index in [1.54, 1.807) is 14.0 Å². The van der Waals surface area contributed by atoms with E-state index in [1.165, 1.54) is 13.8 Å². The molecule has 0 bridgehead atoms. The highest BCUT2D eigenvalue weighted by Gasteiger charge is 2.47. The Morgan fingerprint density at radius 1 is 0.489 bits per heavy atom. The zero-order valence-electron chi connectivity index (χ0n) is 50.4. The van der Waals surface area contributed by atoms with Crippen molar-refractivity contribution in [2.24, 2.45) is 5.92 Å². The number of hydrogen-bond donors (Lipinski definition) is 17. The third kappa shape index (κ3) is 25.3. The predicted octanol–water partition coefficient (Wildman–Crippen LogP) is -8.53. The van der Waals surface area contributed by atoms with Crippen molar-refractivity contribution < 1.29 is 127 Å². The van der Waals surface area contributed by atoms with Gasteiger partial charge in [0, 0.05) is 59.4 Å². The van der Waals surface area contributed by atoms with E-state index < -0.39 is 171 Å². The summed E-state index contributed by atoms with van der Waals surface area (Å²) < 4.78 is 55.9. The van der Waals surface area contributed by atoms with Gasteiger partial charge in [-0.15, -0.1) is 0 Å². The van der Waals surface area contributed by atoms with Gasteiger partial charge < -0.3 is 136 Å². The van der Waals surface area contributed by atoms with Crippen LogP contribution < -0.4 is 42.5 Å². The van der Waals surface area contributed by atoms with Crippen LogP contribution in [0.15, 0.2) is 0 Å². The maximum Gasteiger partial charge on any atom is 0.242 e. The second-order valence-electron chi connectivity index (χ2n) is 21.5. The summed E-state index contributed by atoms with van der Waals surface area (Å²) in [5, 5.41) is 113. The molecule has 34 heteroatoms. The Kier molecular flexibility index (Phi) is 35.4. The molecule has 3 saturated heterocycles. The van der Waals surface area contributed by atoms with Gasteiger partial charge in [0.1, 0.15) is 79.1 Å². The van der Waals surface area contributed by atoms with E-state index in [1.807, 2.05) is 0 Å². The van der Waals surface area contributed by atoms with E-state index in [0.717, 1.165) is 0 Å². The third-order valence-corrected chi connectivity index (χ3v) is 15.0. The van der Waals surface area contributed by atoms with E-state index in [0.29, 0.717) is 32.2 Å². The minimum absolute atomic E-state index is 0.00476. The first-order valence-corrected chi connectivity index (χ1v) is 29.9. The molecule has 3 aliphatic heterocycles. The van der Waals surface area contributed by atoms with Crippen LogP contribution in [0, 0.1) is 5.92 Å². The van der Waals surface area contributed by atoms with Crippen molar-refractivity contribution in [2.45, 2.75) is 182 Å². The molecule has 88 heavy (non-hydrogen) atoms. The summed E-state index contributed by atoms with van der Waals surface area (Å²) in [4.78, 5) is 91.3. The molecule has 17 unspecified atom stereocenters. The first kappa shape index (κ1) is 75.9. The monoisotopic (exact) mass is 1270 g/mol. The quantitative estimate of drug-likeness (QED) is 0.0253. The smallest absolute Gasteiger partial charge is 0.242 e. The van der Waals surface area contributed by atoms with Gasteiger partial charge in [-0.25, -0.2) is 0 Å². The Labute approximate surface area is 510 Å². The number of likely N-dealkylation sites (N-methyl/N-ethyl adjacent to an activating group) is 1. The van der Waals surface area contributed by atoms with E-state index in [2.05, 4.69) is 42.5 Å². The van der Waals surface area contributed by atoms with Crippen LogP contribution in [0.5, 0.6) is 0 Å². The molecule has 4 aliphatic rings. The standard InChI is InChI=1S/C54H96N8O26/c1-5-55-40-46(73)43(70)35(26-63)86-52(40)83-23-20-81-18-15-57-50(77)33(10-12-38(68)56-14-17-80-21-24-84-53-41(59-29(2)66)47(74)44(71)36(27-64)87-53)61-39(69)13-11-34(62-49(76)31-6-8-32(79-4)9-7-31)51(78)58-16-19-82-22-25-85-54-42(60-30(3)67)48(75)45(72)37(28-65)88-54/h31-37,40-48,52-55,63-65,70-75H,5-28H2,1-4H3,(H,56,68)(H,57,77)(H,58,78)(H,59,66)(H,60,67)(H,61,69)(H,62,76). The molecule has 17 N–H and O–H groups in total. The second-order valence-corrected chi connectivity index (χ2v) is 21.5. The van der Waals surface area contributed by atoms with Crippen LogP contribution in [0.4, 0.5) is 0 Å². The van der Waals surface area contributed by atoms with Gasteiger partial charge in [-0.3, -0.25) is 33.6 Å². The van der Waals surface area contributed by atoms with Crippen LogP contribution in [-0.2, 0) is 80.9 Å². The SMILES string of the molecule is CCNC1C(OCCOCCNC(=O)C(CCC(=O)NCCOCCOC2OC(CO)C(O)C(O)C2NC(C)=O)NC(=O)CCC(NC(=O)C2CCC(OC)CC2)C(=O)NCCOCCOC2OC(CO)C(O)C(O)C2NC(C)=O)OC(CO)C(O)C1O. The van der Waals surface area contributed by atoms with Gasteiger partial charge in [-0.1, -0.05) is 6.92 Å². The Morgan fingerprint density at radius 2 is 0.875 bits per heavy atom. The number of hydrogen-bond acceptors (Lipinski definition) is 27. The molecule has 4 fully saturated rings. The molecule has 0 radical (unpaired) electrons. The Hall–Kier alpha value is -4.51. The van der Waals surface area contributed by atoms with Gasteiger partial charge >= 0.3 is 0 Å². The van der Waals surface area contributed by atoms with Crippen LogP contribution in [0.25, 0.3) is 0 Å². The maximum absolute atomic E-state index is 13.7. The van der Waals surface area contributed by atoms with Crippen LogP contribution in [-0.4, -0.2) is 310 Å².